The van der Waals surface area contributed by atoms with E-state index in [9.17, 15) is 0 Å². The van der Waals surface area contributed by atoms with E-state index in [-0.39, 0.29) is 37.2 Å². The van der Waals surface area contributed by atoms with Gasteiger partial charge in [0, 0.05) is 45.2 Å². The van der Waals surface area contributed by atoms with Crippen molar-refractivity contribution >= 4 is 53.7 Å². The zero-order chi connectivity index (χ0) is 18.5. The lowest BCUT2D eigenvalue weighted by Crippen LogP contribution is -2.47. The van der Waals surface area contributed by atoms with E-state index < -0.39 is 0 Å². The summed E-state index contributed by atoms with van der Waals surface area (Å²) in [6.07, 6.45) is 0. The molecular weight excluding hydrogens is 459 g/mol. The van der Waals surface area contributed by atoms with Crippen molar-refractivity contribution in [3.63, 3.8) is 0 Å². The summed E-state index contributed by atoms with van der Waals surface area (Å²) in [5, 5.41) is 6.28. The predicted molar refractivity (Wildman–Crippen MR) is 135 cm³/mol. The second kappa shape index (κ2) is 13.2. The van der Waals surface area contributed by atoms with Crippen molar-refractivity contribution in [2.24, 2.45) is 0 Å². The second-order valence-corrected chi connectivity index (χ2v) is 7.79. The summed E-state index contributed by atoms with van der Waals surface area (Å²) in [7, 11) is 1.93. The first kappa shape index (κ1) is 26.7. The summed E-state index contributed by atoms with van der Waals surface area (Å²) in [5.41, 5.74) is 3.91. The molecule has 0 unspecified atom stereocenters. The number of nitrogens with zero attached hydrogens (tertiary/aromatic N) is 3. The van der Waals surface area contributed by atoms with Crippen LogP contribution in [-0.2, 0) is 6.54 Å². The molecule has 164 valence electrons. The number of nitrogens with one attached hydrogen (secondary N) is 1. The summed E-state index contributed by atoms with van der Waals surface area (Å²) in [6, 6.07) is 22.1. The van der Waals surface area contributed by atoms with Crippen LogP contribution >= 0.6 is 48.6 Å². The lowest BCUT2D eigenvalue weighted by atomic mass is 9.96. The molecule has 2 aromatic carbocycles. The highest BCUT2D eigenvalue weighted by Crippen LogP contribution is 2.29. The molecule has 2 heterocycles. The molecule has 0 bridgehead atoms. The monoisotopic (exact) mass is 486 g/mol. The predicted octanol–water partition coefficient (Wildman–Crippen LogP) is 5.36. The fraction of sp³-hybridized carbons (Fsp3) is 0.318. The molecule has 0 radical (unpaired) electrons. The minimum absolute atomic E-state index is 0. The largest absolute Gasteiger partial charge is 0.365 e. The first-order chi connectivity index (χ1) is 13.3. The van der Waals surface area contributed by atoms with Crippen molar-refractivity contribution in [3.05, 3.63) is 82.9 Å². The molecule has 0 spiro atoms. The Hall–Kier alpha value is -1.34. The number of aromatic nitrogens is 1. The van der Waals surface area contributed by atoms with Gasteiger partial charge in [-0.1, -0.05) is 60.7 Å². The maximum atomic E-state index is 4.62. The van der Waals surface area contributed by atoms with Crippen LogP contribution in [0.3, 0.4) is 0 Å². The number of anilines is 1. The molecule has 3 aromatic rings. The highest BCUT2D eigenvalue weighted by molar-refractivity contribution is 7.13. The van der Waals surface area contributed by atoms with E-state index >= 15 is 0 Å². The zero-order valence-corrected chi connectivity index (χ0v) is 20.2. The van der Waals surface area contributed by atoms with Crippen LogP contribution in [0.2, 0.25) is 0 Å². The molecular formula is C22H29Cl3N4S. The van der Waals surface area contributed by atoms with Crippen molar-refractivity contribution in [1.82, 2.24) is 14.8 Å². The summed E-state index contributed by atoms with van der Waals surface area (Å²) in [5.74, 6) is 0. The number of piperazine rings is 1. The van der Waals surface area contributed by atoms with E-state index in [1.165, 1.54) is 16.8 Å². The van der Waals surface area contributed by atoms with Gasteiger partial charge < -0.3 is 5.32 Å². The van der Waals surface area contributed by atoms with Gasteiger partial charge >= 0.3 is 0 Å². The van der Waals surface area contributed by atoms with Crippen molar-refractivity contribution in [3.8, 4) is 0 Å². The van der Waals surface area contributed by atoms with Crippen LogP contribution in [0.25, 0.3) is 0 Å². The van der Waals surface area contributed by atoms with E-state index in [4.69, 9.17) is 0 Å². The third-order valence-electron chi connectivity index (χ3n) is 5.15. The number of benzene rings is 2. The van der Waals surface area contributed by atoms with Crippen LogP contribution < -0.4 is 5.32 Å². The highest BCUT2D eigenvalue weighted by atomic mass is 35.5. The molecule has 0 aliphatic carbocycles. The standard InChI is InChI=1S/C22H26N4S.3ClH/c1-23-22-24-20(17-27-22)16-25-12-14-26(15-13-25)21(18-8-4-2-5-9-18)19-10-6-3-7-11-19;;;/h2-11,17,21H,12-16H2,1H3,(H,23,24);3*1H. The minimum Gasteiger partial charge on any atom is -0.365 e. The van der Waals surface area contributed by atoms with Gasteiger partial charge in [-0.25, -0.2) is 4.98 Å². The van der Waals surface area contributed by atoms with Gasteiger partial charge in [0.25, 0.3) is 0 Å². The lowest BCUT2D eigenvalue weighted by molar-refractivity contribution is 0.104. The smallest absolute Gasteiger partial charge is 0.182 e. The Morgan fingerprint density at radius 1 is 0.867 bits per heavy atom. The molecule has 1 aliphatic rings. The maximum absolute atomic E-state index is 4.62. The van der Waals surface area contributed by atoms with Crippen molar-refractivity contribution in [2.45, 2.75) is 12.6 Å². The molecule has 0 atom stereocenters. The van der Waals surface area contributed by atoms with Gasteiger partial charge in [-0.2, -0.15) is 0 Å². The average molecular weight is 488 g/mol. The molecule has 0 amide bonds. The van der Waals surface area contributed by atoms with E-state index in [1.807, 2.05) is 7.05 Å². The van der Waals surface area contributed by atoms with E-state index in [0.29, 0.717) is 6.04 Å². The molecule has 30 heavy (non-hydrogen) atoms. The van der Waals surface area contributed by atoms with Crippen LogP contribution in [0, 0.1) is 0 Å². The van der Waals surface area contributed by atoms with Crippen LogP contribution in [0.5, 0.6) is 0 Å². The Morgan fingerprint density at radius 3 is 1.87 bits per heavy atom. The Bertz CT molecular complexity index is 800. The summed E-state index contributed by atoms with van der Waals surface area (Å²) in [6.45, 7) is 5.22. The fourth-order valence-electron chi connectivity index (χ4n) is 3.79. The minimum atomic E-state index is 0. The molecule has 4 rings (SSSR count). The second-order valence-electron chi connectivity index (χ2n) is 6.93. The average Bonchev–Trinajstić information content (AvgIpc) is 3.19. The summed E-state index contributed by atoms with van der Waals surface area (Å²) >= 11 is 1.68. The molecule has 1 aromatic heterocycles. The van der Waals surface area contributed by atoms with Crippen molar-refractivity contribution in [1.29, 1.82) is 0 Å². The Kier molecular flexibility index (Phi) is 11.7. The topological polar surface area (TPSA) is 31.4 Å². The summed E-state index contributed by atoms with van der Waals surface area (Å²) < 4.78 is 0. The first-order valence-electron chi connectivity index (χ1n) is 9.52. The SMILES string of the molecule is CNc1nc(CN2CCN(C(c3ccccc3)c3ccccc3)CC2)cs1.Cl.Cl.Cl. The number of hydrogen-bond acceptors (Lipinski definition) is 5. The molecule has 1 fully saturated rings. The molecule has 1 saturated heterocycles. The molecule has 0 saturated carbocycles. The van der Waals surface area contributed by atoms with Gasteiger partial charge in [0.05, 0.1) is 11.7 Å². The zero-order valence-electron chi connectivity index (χ0n) is 16.9. The Labute approximate surface area is 201 Å². The Morgan fingerprint density at radius 2 is 1.40 bits per heavy atom. The van der Waals surface area contributed by atoms with Gasteiger partial charge in [0.1, 0.15) is 0 Å². The Balaban J connectivity index is 0.00000150. The fourth-order valence-corrected chi connectivity index (χ4v) is 4.45. The van der Waals surface area contributed by atoms with Gasteiger partial charge in [0.2, 0.25) is 0 Å². The molecule has 4 nitrogen and oxygen atoms in total. The van der Waals surface area contributed by atoms with Crippen molar-refractivity contribution in [2.75, 3.05) is 38.5 Å². The van der Waals surface area contributed by atoms with Crippen LogP contribution in [0.15, 0.2) is 66.0 Å². The van der Waals surface area contributed by atoms with E-state index in [1.54, 1.807) is 11.3 Å². The normalized spacial score (nSPS) is 14.3. The third-order valence-corrected chi connectivity index (χ3v) is 6.06. The van der Waals surface area contributed by atoms with Crippen LogP contribution in [-0.4, -0.2) is 48.0 Å². The maximum Gasteiger partial charge on any atom is 0.182 e. The van der Waals surface area contributed by atoms with E-state index in [0.717, 1.165) is 37.9 Å². The van der Waals surface area contributed by atoms with Crippen molar-refractivity contribution < 1.29 is 0 Å². The number of thiazole rings is 1. The quantitative estimate of drug-likeness (QED) is 0.507. The van der Waals surface area contributed by atoms with Gasteiger partial charge in [-0.05, 0) is 11.1 Å². The summed E-state index contributed by atoms with van der Waals surface area (Å²) in [4.78, 5) is 9.75. The number of rotatable bonds is 6. The molecule has 1 aliphatic heterocycles. The van der Waals surface area contributed by atoms with Gasteiger partial charge in [-0.3, -0.25) is 9.80 Å². The van der Waals surface area contributed by atoms with Gasteiger partial charge in [0.15, 0.2) is 5.13 Å². The number of halogens is 3. The molecule has 1 N–H and O–H groups in total. The first-order valence-corrected chi connectivity index (χ1v) is 10.4. The van der Waals surface area contributed by atoms with Crippen LogP contribution in [0.4, 0.5) is 5.13 Å². The van der Waals surface area contributed by atoms with Gasteiger partial charge in [-0.15, -0.1) is 48.6 Å². The number of hydrogen-bond donors (Lipinski definition) is 1. The molecule has 8 heteroatoms. The van der Waals surface area contributed by atoms with E-state index in [2.05, 4.69) is 86.1 Å². The highest BCUT2D eigenvalue weighted by Gasteiger charge is 2.26. The lowest BCUT2D eigenvalue weighted by Gasteiger charge is -2.39. The third kappa shape index (κ3) is 6.58. The van der Waals surface area contributed by atoms with Crippen LogP contribution in [0.1, 0.15) is 22.9 Å².